The Bertz CT molecular complexity index is 270. The number of amides is 1. The lowest BCUT2D eigenvalue weighted by molar-refractivity contribution is -0.117. The average molecular weight is 243 g/mol. The van der Waals surface area contributed by atoms with Crippen LogP contribution in [0.2, 0.25) is 0 Å². The predicted octanol–water partition coefficient (Wildman–Crippen LogP) is 3.00. The molecule has 0 aliphatic rings. The number of hydrogen-bond acceptors (Lipinski definition) is 3. The van der Waals surface area contributed by atoms with E-state index in [0.717, 1.165) is 19.1 Å². The first kappa shape index (κ1) is 15.9. The molecule has 100 valence electrons. The van der Waals surface area contributed by atoms with Gasteiger partial charge < -0.3 is 9.53 Å². The van der Waals surface area contributed by atoms with Crippen molar-refractivity contribution < 1.29 is 14.3 Å². The molecule has 0 aliphatic heterocycles. The van der Waals surface area contributed by atoms with Gasteiger partial charge in [0.25, 0.3) is 0 Å². The van der Waals surface area contributed by atoms with Gasteiger partial charge in [-0.15, -0.1) is 0 Å². The third-order valence-electron chi connectivity index (χ3n) is 2.72. The molecule has 0 heterocycles. The highest BCUT2D eigenvalue weighted by atomic mass is 16.6. The normalized spacial score (nSPS) is 14.9. The van der Waals surface area contributed by atoms with Crippen molar-refractivity contribution in [1.29, 1.82) is 0 Å². The molecule has 0 N–H and O–H groups in total. The minimum Gasteiger partial charge on any atom is -0.444 e. The molecule has 17 heavy (non-hydrogen) atoms. The molecule has 1 atom stereocenters. The summed E-state index contributed by atoms with van der Waals surface area (Å²) in [7, 11) is 1.61. The molecule has 0 saturated heterocycles. The second-order valence-electron chi connectivity index (χ2n) is 5.62. The molecule has 4 heteroatoms. The Morgan fingerprint density at radius 3 is 2.18 bits per heavy atom. The van der Waals surface area contributed by atoms with Crippen LogP contribution in [0.3, 0.4) is 0 Å². The molecule has 0 aliphatic carbocycles. The molecule has 4 nitrogen and oxygen atoms in total. The first-order valence-electron chi connectivity index (χ1n) is 6.09. The second-order valence-corrected chi connectivity index (χ2v) is 5.62. The first-order valence-corrected chi connectivity index (χ1v) is 6.09. The molecule has 0 radical (unpaired) electrons. The Hall–Kier alpha value is -1.06. The van der Waals surface area contributed by atoms with E-state index in [1.165, 1.54) is 4.90 Å². The summed E-state index contributed by atoms with van der Waals surface area (Å²) in [5.41, 5.74) is -1.32. The number of unbranched alkanes of at least 4 members (excludes halogenated alkanes) is 1. The van der Waals surface area contributed by atoms with E-state index < -0.39 is 17.2 Å². The minimum absolute atomic E-state index is 0.455. The fourth-order valence-corrected chi connectivity index (χ4v) is 1.38. The van der Waals surface area contributed by atoms with Crippen LogP contribution in [0.15, 0.2) is 0 Å². The smallest absolute Gasteiger partial charge is 0.410 e. The molecular formula is C13H25NO3. The molecule has 0 fully saturated rings. The first-order chi connectivity index (χ1) is 7.66. The standard InChI is InChI=1S/C13H25NO3/c1-7-8-9-13(5,10-15)14(6)11(16)17-12(2,3)4/h10H,7-9H2,1-6H3. The SMILES string of the molecule is CCCCC(C)(C=O)N(C)C(=O)OC(C)(C)C. The molecule has 0 aromatic carbocycles. The summed E-state index contributed by atoms with van der Waals surface area (Å²) in [6, 6.07) is 0. The molecule has 1 unspecified atom stereocenters. The largest absolute Gasteiger partial charge is 0.444 e. The van der Waals surface area contributed by atoms with Gasteiger partial charge in [0.2, 0.25) is 0 Å². The lowest BCUT2D eigenvalue weighted by atomic mass is 9.95. The fraction of sp³-hybridized carbons (Fsp3) is 0.846. The van der Waals surface area contributed by atoms with Crippen molar-refractivity contribution in [3.05, 3.63) is 0 Å². The number of carbonyl (C=O) groups excluding carboxylic acids is 2. The summed E-state index contributed by atoms with van der Waals surface area (Å²) < 4.78 is 5.26. The van der Waals surface area contributed by atoms with Gasteiger partial charge in [0.1, 0.15) is 11.9 Å². The number of hydrogen-bond donors (Lipinski definition) is 0. The van der Waals surface area contributed by atoms with E-state index in [9.17, 15) is 9.59 Å². The third-order valence-corrected chi connectivity index (χ3v) is 2.72. The van der Waals surface area contributed by atoms with Crippen LogP contribution in [0, 0.1) is 0 Å². The highest BCUT2D eigenvalue weighted by Crippen LogP contribution is 2.21. The Labute approximate surface area is 104 Å². The monoisotopic (exact) mass is 243 g/mol. The summed E-state index contributed by atoms with van der Waals surface area (Å²) in [6.07, 6.45) is 2.92. The number of rotatable bonds is 5. The van der Waals surface area contributed by atoms with Gasteiger partial charge >= 0.3 is 6.09 Å². The van der Waals surface area contributed by atoms with E-state index in [-0.39, 0.29) is 0 Å². The maximum atomic E-state index is 11.9. The molecule has 0 spiro atoms. The molecule has 1 amide bonds. The van der Waals surface area contributed by atoms with Gasteiger partial charge in [-0.1, -0.05) is 19.8 Å². The molecule has 0 bridgehead atoms. The highest BCUT2D eigenvalue weighted by Gasteiger charge is 2.34. The van der Waals surface area contributed by atoms with Crippen LogP contribution >= 0.6 is 0 Å². The van der Waals surface area contributed by atoms with Crippen LogP contribution in [0.1, 0.15) is 53.9 Å². The Kier molecular flexibility index (Phi) is 5.66. The van der Waals surface area contributed by atoms with E-state index in [2.05, 4.69) is 6.92 Å². The van der Waals surface area contributed by atoms with E-state index in [0.29, 0.717) is 6.42 Å². The van der Waals surface area contributed by atoms with Crippen LogP contribution in [0.5, 0.6) is 0 Å². The molecule has 0 saturated carbocycles. The quantitative estimate of drug-likeness (QED) is 0.697. The van der Waals surface area contributed by atoms with Crippen LogP contribution in [-0.2, 0) is 9.53 Å². The van der Waals surface area contributed by atoms with Crippen molar-refractivity contribution in [2.24, 2.45) is 0 Å². The molecule has 0 aromatic rings. The van der Waals surface area contributed by atoms with E-state index >= 15 is 0 Å². The van der Waals surface area contributed by atoms with E-state index in [1.807, 2.05) is 20.8 Å². The van der Waals surface area contributed by atoms with Gasteiger partial charge in [-0.2, -0.15) is 0 Å². The lowest BCUT2D eigenvalue weighted by Gasteiger charge is -2.35. The van der Waals surface area contributed by atoms with E-state index in [1.54, 1.807) is 14.0 Å². The minimum atomic E-state index is -0.779. The summed E-state index contributed by atoms with van der Waals surface area (Å²) in [5.74, 6) is 0. The van der Waals surface area contributed by atoms with Crippen molar-refractivity contribution in [3.8, 4) is 0 Å². The topological polar surface area (TPSA) is 46.6 Å². The maximum Gasteiger partial charge on any atom is 0.410 e. The number of carbonyl (C=O) groups is 2. The van der Waals surface area contributed by atoms with Gasteiger partial charge in [-0.05, 0) is 34.1 Å². The number of ether oxygens (including phenoxy) is 1. The Balaban J connectivity index is 4.68. The van der Waals surface area contributed by atoms with Gasteiger partial charge in [-0.25, -0.2) is 4.79 Å². The van der Waals surface area contributed by atoms with Crippen molar-refractivity contribution in [1.82, 2.24) is 4.90 Å². The van der Waals surface area contributed by atoms with Gasteiger partial charge in [0, 0.05) is 7.05 Å². The number of nitrogens with zero attached hydrogens (tertiary/aromatic N) is 1. The van der Waals surface area contributed by atoms with E-state index in [4.69, 9.17) is 4.74 Å². The van der Waals surface area contributed by atoms with Crippen LogP contribution in [0.25, 0.3) is 0 Å². The van der Waals surface area contributed by atoms with Crippen LogP contribution in [-0.4, -0.2) is 35.5 Å². The van der Waals surface area contributed by atoms with Crippen LogP contribution in [0.4, 0.5) is 4.79 Å². The summed E-state index contributed by atoms with van der Waals surface area (Å²) in [4.78, 5) is 24.5. The zero-order chi connectivity index (χ0) is 13.7. The number of aldehydes is 1. The zero-order valence-electron chi connectivity index (χ0n) is 11.9. The second kappa shape index (κ2) is 6.03. The van der Waals surface area contributed by atoms with Gasteiger partial charge in [0.15, 0.2) is 0 Å². The molecule has 0 rings (SSSR count). The van der Waals surface area contributed by atoms with Crippen molar-refractivity contribution in [2.75, 3.05) is 7.05 Å². The zero-order valence-corrected chi connectivity index (χ0v) is 11.9. The summed E-state index contributed by atoms with van der Waals surface area (Å²) in [5, 5.41) is 0. The molecular weight excluding hydrogens is 218 g/mol. The average Bonchev–Trinajstić information content (AvgIpc) is 2.22. The van der Waals surface area contributed by atoms with Crippen molar-refractivity contribution >= 4 is 12.4 Å². The molecule has 0 aromatic heterocycles. The Morgan fingerprint density at radius 1 is 1.29 bits per heavy atom. The summed E-state index contributed by atoms with van der Waals surface area (Å²) in [6.45, 7) is 9.24. The predicted molar refractivity (Wildman–Crippen MR) is 68.0 cm³/mol. The lowest BCUT2D eigenvalue weighted by Crippen LogP contribution is -2.50. The summed E-state index contributed by atoms with van der Waals surface area (Å²) >= 11 is 0. The van der Waals surface area contributed by atoms with Gasteiger partial charge in [-0.3, -0.25) is 4.90 Å². The fourth-order valence-electron chi connectivity index (χ4n) is 1.38. The highest BCUT2D eigenvalue weighted by molar-refractivity contribution is 5.76. The van der Waals surface area contributed by atoms with Crippen molar-refractivity contribution in [3.63, 3.8) is 0 Å². The van der Waals surface area contributed by atoms with Crippen LogP contribution < -0.4 is 0 Å². The van der Waals surface area contributed by atoms with Gasteiger partial charge in [0.05, 0.1) is 5.54 Å². The third kappa shape index (κ3) is 5.20. The number of likely N-dealkylation sites (N-methyl/N-ethyl adjacent to an activating group) is 1. The Morgan fingerprint density at radius 2 is 1.82 bits per heavy atom. The maximum absolute atomic E-state index is 11.9. The van der Waals surface area contributed by atoms with Crippen molar-refractivity contribution in [2.45, 2.75) is 65.0 Å².